The molecule has 0 unspecified atom stereocenters. The molecule has 1 atom stereocenters. The second-order valence-corrected chi connectivity index (χ2v) is 6.91. The zero-order valence-electron chi connectivity index (χ0n) is 16.0. The maximum Gasteiger partial charge on any atom is 0.321 e. The lowest BCUT2D eigenvalue weighted by Crippen LogP contribution is -2.41. The van der Waals surface area contributed by atoms with Crippen LogP contribution in [-0.2, 0) is 0 Å². The number of urea groups is 1. The summed E-state index contributed by atoms with van der Waals surface area (Å²) in [5.74, 6) is 1.35. The number of likely N-dealkylation sites (tertiary alicyclic amines) is 1. The van der Waals surface area contributed by atoms with E-state index in [4.69, 9.17) is 9.26 Å². The number of hydrogen-bond acceptors (Lipinski definition) is 5. The number of methoxy groups -OCH3 is 1. The lowest BCUT2D eigenvalue weighted by atomic mass is 9.98. The summed E-state index contributed by atoms with van der Waals surface area (Å²) in [7, 11) is 1.61. The Kier molecular flexibility index (Phi) is 5.41. The van der Waals surface area contributed by atoms with Crippen LogP contribution in [0.3, 0.4) is 0 Å². The van der Waals surface area contributed by atoms with Gasteiger partial charge in [0.2, 0.25) is 11.7 Å². The van der Waals surface area contributed by atoms with Crippen LogP contribution in [0.25, 0.3) is 11.4 Å². The number of aromatic nitrogens is 2. The van der Waals surface area contributed by atoms with Gasteiger partial charge >= 0.3 is 6.03 Å². The molecule has 2 heterocycles. The molecule has 29 heavy (non-hydrogen) atoms. The van der Waals surface area contributed by atoms with Crippen molar-refractivity contribution >= 4 is 11.7 Å². The van der Waals surface area contributed by atoms with Gasteiger partial charge < -0.3 is 19.5 Å². The van der Waals surface area contributed by atoms with Gasteiger partial charge in [-0.15, -0.1) is 0 Å². The highest BCUT2D eigenvalue weighted by Gasteiger charge is 2.29. The largest absolute Gasteiger partial charge is 0.497 e. The van der Waals surface area contributed by atoms with Crippen molar-refractivity contribution in [3.63, 3.8) is 0 Å². The summed E-state index contributed by atoms with van der Waals surface area (Å²) in [5, 5.41) is 6.88. The van der Waals surface area contributed by atoms with Gasteiger partial charge in [-0.1, -0.05) is 17.3 Å². The molecule has 3 aromatic rings. The minimum atomic E-state index is -0.343. The molecule has 1 saturated heterocycles. The van der Waals surface area contributed by atoms with Gasteiger partial charge in [0, 0.05) is 24.3 Å². The van der Waals surface area contributed by atoms with Crippen molar-refractivity contribution in [2.45, 2.75) is 18.8 Å². The standard InChI is InChI=1S/C21H21FN4O3/c1-28-18-6-2-4-14(12-18)19-24-20(29-25-19)15-5-3-11-26(13-15)21(27)23-17-9-7-16(22)8-10-17/h2,4,6-10,12,15H,3,5,11,13H2,1H3,(H,23,27)/t15-/m1/s1. The van der Waals surface area contributed by atoms with Gasteiger partial charge in [0.1, 0.15) is 11.6 Å². The first-order valence-corrected chi connectivity index (χ1v) is 9.42. The molecule has 150 valence electrons. The van der Waals surface area contributed by atoms with Gasteiger partial charge in [-0.3, -0.25) is 0 Å². The number of hydrogen-bond donors (Lipinski definition) is 1. The van der Waals surface area contributed by atoms with Gasteiger partial charge in [0.15, 0.2) is 0 Å². The summed E-state index contributed by atoms with van der Waals surface area (Å²) in [5.41, 5.74) is 1.36. The number of nitrogens with zero attached hydrogens (tertiary/aromatic N) is 3. The van der Waals surface area contributed by atoms with Gasteiger partial charge in [0.05, 0.1) is 13.0 Å². The molecule has 2 aromatic carbocycles. The van der Waals surface area contributed by atoms with Crippen LogP contribution in [0.15, 0.2) is 53.1 Å². The molecule has 0 radical (unpaired) electrons. The lowest BCUT2D eigenvalue weighted by molar-refractivity contribution is 0.184. The highest BCUT2D eigenvalue weighted by atomic mass is 19.1. The van der Waals surface area contributed by atoms with Gasteiger partial charge in [-0.05, 0) is 49.2 Å². The molecule has 0 spiro atoms. The normalized spacial score (nSPS) is 16.5. The van der Waals surface area contributed by atoms with E-state index in [0.29, 0.717) is 30.5 Å². The van der Waals surface area contributed by atoms with E-state index in [1.165, 1.54) is 24.3 Å². The number of amides is 2. The minimum Gasteiger partial charge on any atom is -0.497 e. The fourth-order valence-electron chi connectivity index (χ4n) is 3.38. The molecular formula is C21H21FN4O3. The Labute approximate surface area is 167 Å². The monoisotopic (exact) mass is 396 g/mol. The van der Waals surface area contributed by atoms with Crippen LogP contribution >= 0.6 is 0 Å². The van der Waals surface area contributed by atoms with Crippen LogP contribution in [0.2, 0.25) is 0 Å². The molecule has 1 N–H and O–H groups in total. The second-order valence-electron chi connectivity index (χ2n) is 6.91. The van der Waals surface area contributed by atoms with Crippen molar-refractivity contribution in [3.05, 3.63) is 60.2 Å². The Morgan fingerprint density at radius 1 is 1.28 bits per heavy atom. The quantitative estimate of drug-likeness (QED) is 0.711. The molecule has 1 fully saturated rings. The molecule has 1 aliphatic rings. The number of rotatable bonds is 4. The van der Waals surface area contributed by atoms with Crippen LogP contribution in [0.4, 0.5) is 14.9 Å². The Hall–Kier alpha value is -3.42. The number of benzene rings is 2. The molecular weight excluding hydrogens is 375 g/mol. The zero-order chi connectivity index (χ0) is 20.2. The molecule has 4 rings (SSSR count). The molecule has 8 heteroatoms. The van der Waals surface area contributed by atoms with E-state index >= 15 is 0 Å². The first-order chi connectivity index (χ1) is 14.1. The van der Waals surface area contributed by atoms with Crippen molar-refractivity contribution in [1.82, 2.24) is 15.0 Å². The van der Waals surface area contributed by atoms with Crippen LogP contribution in [0.1, 0.15) is 24.7 Å². The molecule has 1 aliphatic heterocycles. The van der Waals surface area contributed by atoms with E-state index in [2.05, 4.69) is 15.5 Å². The second kappa shape index (κ2) is 8.30. The number of piperidine rings is 1. The van der Waals surface area contributed by atoms with Gasteiger partial charge in [-0.25, -0.2) is 9.18 Å². The molecule has 0 saturated carbocycles. The summed E-state index contributed by atoms with van der Waals surface area (Å²) in [4.78, 5) is 18.8. The van der Waals surface area contributed by atoms with Crippen molar-refractivity contribution in [2.24, 2.45) is 0 Å². The van der Waals surface area contributed by atoms with Crippen LogP contribution < -0.4 is 10.1 Å². The third kappa shape index (κ3) is 4.37. The molecule has 0 bridgehead atoms. The summed E-state index contributed by atoms with van der Waals surface area (Å²) in [6, 6.07) is 12.9. The van der Waals surface area contributed by atoms with E-state index in [0.717, 1.165) is 24.2 Å². The predicted molar refractivity (Wildman–Crippen MR) is 105 cm³/mol. The van der Waals surface area contributed by atoms with E-state index in [-0.39, 0.29) is 17.8 Å². The summed E-state index contributed by atoms with van der Waals surface area (Å²) in [6.45, 7) is 1.12. The number of halogens is 1. The van der Waals surface area contributed by atoms with E-state index in [1.54, 1.807) is 12.0 Å². The van der Waals surface area contributed by atoms with Crippen LogP contribution in [0.5, 0.6) is 5.75 Å². The topological polar surface area (TPSA) is 80.5 Å². The lowest BCUT2D eigenvalue weighted by Gasteiger charge is -2.31. The average Bonchev–Trinajstić information content (AvgIpc) is 3.26. The van der Waals surface area contributed by atoms with E-state index < -0.39 is 0 Å². The fraction of sp³-hybridized carbons (Fsp3) is 0.286. The number of carbonyl (C=O) groups is 1. The molecule has 1 aromatic heterocycles. The van der Waals surface area contributed by atoms with Crippen molar-refractivity contribution in [2.75, 3.05) is 25.5 Å². The summed E-state index contributed by atoms with van der Waals surface area (Å²) >= 11 is 0. The predicted octanol–water partition coefficient (Wildman–Crippen LogP) is 4.30. The highest BCUT2D eigenvalue weighted by molar-refractivity contribution is 5.89. The number of anilines is 1. The highest BCUT2D eigenvalue weighted by Crippen LogP contribution is 2.29. The Morgan fingerprint density at radius 2 is 2.10 bits per heavy atom. The molecule has 2 amide bonds. The van der Waals surface area contributed by atoms with Crippen LogP contribution in [0, 0.1) is 5.82 Å². The Balaban J connectivity index is 1.43. The van der Waals surface area contributed by atoms with Gasteiger partial charge in [-0.2, -0.15) is 4.98 Å². The zero-order valence-corrected chi connectivity index (χ0v) is 16.0. The maximum absolute atomic E-state index is 13.0. The van der Waals surface area contributed by atoms with Gasteiger partial charge in [0.25, 0.3) is 0 Å². The smallest absolute Gasteiger partial charge is 0.321 e. The number of ether oxygens (including phenoxy) is 1. The molecule has 0 aliphatic carbocycles. The number of nitrogens with one attached hydrogen (secondary N) is 1. The van der Waals surface area contributed by atoms with Crippen molar-refractivity contribution in [3.8, 4) is 17.1 Å². The van der Waals surface area contributed by atoms with E-state index in [1.807, 2.05) is 24.3 Å². The Bertz CT molecular complexity index is 990. The minimum absolute atomic E-state index is 0.0328. The SMILES string of the molecule is COc1cccc(-c2noc([C@@H]3CCCN(C(=O)Nc4ccc(F)cc4)C3)n2)c1. The molecule has 7 nitrogen and oxygen atoms in total. The number of carbonyl (C=O) groups excluding carboxylic acids is 1. The maximum atomic E-state index is 13.0. The first-order valence-electron chi connectivity index (χ1n) is 9.42. The van der Waals surface area contributed by atoms with Crippen molar-refractivity contribution < 1.29 is 18.4 Å². The summed E-state index contributed by atoms with van der Waals surface area (Å²) in [6.07, 6.45) is 1.69. The first kappa shape index (κ1) is 18.9. The average molecular weight is 396 g/mol. The Morgan fingerprint density at radius 3 is 2.90 bits per heavy atom. The van der Waals surface area contributed by atoms with Crippen molar-refractivity contribution in [1.29, 1.82) is 0 Å². The third-order valence-electron chi connectivity index (χ3n) is 4.92. The van der Waals surface area contributed by atoms with E-state index in [9.17, 15) is 9.18 Å². The fourth-order valence-corrected chi connectivity index (χ4v) is 3.38. The third-order valence-corrected chi connectivity index (χ3v) is 4.92. The van der Waals surface area contributed by atoms with Crippen LogP contribution in [-0.4, -0.2) is 41.3 Å². The summed E-state index contributed by atoms with van der Waals surface area (Å²) < 4.78 is 23.8.